The van der Waals surface area contributed by atoms with Crippen molar-refractivity contribution in [1.29, 1.82) is 0 Å². The van der Waals surface area contributed by atoms with E-state index in [2.05, 4.69) is 10.6 Å². The number of ether oxygens (including phenoxy) is 1. The topological polar surface area (TPSA) is 105 Å². The van der Waals surface area contributed by atoms with Gasteiger partial charge in [-0.05, 0) is 36.8 Å². The number of nitrogens with one attached hydrogen (secondary N) is 2. The summed E-state index contributed by atoms with van der Waals surface area (Å²) in [6, 6.07) is 9.91. The lowest BCUT2D eigenvalue weighted by atomic mass is 10.1. The second kappa shape index (κ2) is 9.94. The van der Waals surface area contributed by atoms with Crippen LogP contribution in [0, 0.1) is 5.82 Å². The van der Waals surface area contributed by atoms with Gasteiger partial charge in [-0.3, -0.25) is 24.1 Å². The third-order valence-electron chi connectivity index (χ3n) is 4.78. The first-order valence-corrected chi connectivity index (χ1v) is 9.74. The summed E-state index contributed by atoms with van der Waals surface area (Å²) in [4.78, 5) is 50.4. The Morgan fingerprint density at radius 1 is 0.968 bits per heavy atom. The summed E-state index contributed by atoms with van der Waals surface area (Å²) < 4.78 is 18.5. The van der Waals surface area contributed by atoms with Crippen LogP contribution in [0.3, 0.4) is 0 Å². The molecule has 2 aromatic carbocycles. The fourth-order valence-corrected chi connectivity index (χ4v) is 3.20. The van der Waals surface area contributed by atoms with Crippen molar-refractivity contribution in [3.8, 4) is 0 Å². The first-order chi connectivity index (χ1) is 14.9. The van der Waals surface area contributed by atoms with Crippen LogP contribution in [-0.2, 0) is 4.74 Å². The second-order valence-electron chi connectivity index (χ2n) is 6.86. The summed E-state index contributed by atoms with van der Waals surface area (Å²) in [5.41, 5.74) is 0.587. The average Bonchev–Trinajstić information content (AvgIpc) is 3.01. The molecule has 0 spiro atoms. The molecule has 0 unspecified atom stereocenters. The van der Waals surface area contributed by atoms with Gasteiger partial charge in [0.05, 0.1) is 16.7 Å². The molecule has 0 fully saturated rings. The predicted molar refractivity (Wildman–Crippen MR) is 109 cm³/mol. The summed E-state index contributed by atoms with van der Waals surface area (Å²) in [6.07, 6.45) is 0.522. The number of rotatable bonds is 9. The van der Waals surface area contributed by atoms with Gasteiger partial charge in [-0.15, -0.1) is 0 Å². The molecule has 4 amide bonds. The van der Waals surface area contributed by atoms with Gasteiger partial charge in [0.1, 0.15) is 5.82 Å². The summed E-state index contributed by atoms with van der Waals surface area (Å²) in [5.74, 6) is -2.50. The van der Waals surface area contributed by atoms with Gasteiger partial charge in [0.15, 0.2) is 0 Å². The van der Waals surface area contributed by atoms with E-state index in [0.717, 1.165) is 4.90 Å². The quantitative estimate of drug-likeness (QED) is 0.467. The van der Waals surface area contributed by atoms with Crippen LogP contribution in [0.15, 0.2) is 42.5 Å². The Bertz CT molecular complexity index is 1020. The molecule has 1 aliphatic heterocycles. The van der Waals surface area contributed by atoms with E-state index in [4.69, 9.17) is 4.74 Å². The summed E-state index contributed by atoms with van der Waals surface area (Å²) in [6.45, 7) is 0.860. The van der Waals surface area contributed by atoms with Crippen LogP contribution in [0.2, 0.25) is 0 Å². The zero-order valence-corrected chi connectivity index (χ0v) is 16.9. The summed E-state index contributed by atoms with van der Waals surface area (Å²) >= 11 is 0. The number of amides is 4. The van der Waals surface area contributed by atoms with Crippen molar-refractivity contribution < 1.29 is 28.3 Å². The molecule has 31 heavy (non-hydrogen) atoms. The number of imide groups is 1. The Morgan fingerprint density at radius 2 is 1.65 bits per heavy atom. The van der Waals surface area contributed by atoms with Gasteiger partial charge >= 0.3 is 0 Å². The number of hydrogen-bond donors (Lipinski definition) is 2. The molecule has 8 nitrogen and oxygen atoms in total. The van der Waals surface area contributed by atoms with E-state index in [1.165, 1.54) is 36.4 Å². The van der Waals surface area contributed by atoms with Crippen molar-refractivity contribution in [2.45, 2.75) is 6.42 Å². The molecule has 0 aromatic heterocycles. The van der Waals surface area contributed by atoms with E-state index < -0.39 is 23.5 Å². The molecule has 0 saturated carbocycles. The van der Waals surface area contributed by atoms with Crippen LogP contribution in [0.25, 0.3) is 0 Å². The third kappa shape index (κ3) is 4.95. The number of carbonyl (C=O) groups is 4. The third-order valence-corrected chi connectivity index (χ3v) is 4.78. The van der Waals surface area contributed by atoms with E-state index in [-0.39, 0.29) is 47.8 Å². The maximum atomic E-state index is 13.6. The zero-order valence-electron chi connectivity index (χ0n) is 16.9. The first-order valence-electron chi connectivity index (χ1n) is 9.74. The lowest BCUT2D eigenvalue weighted by molar-refractivity contribution is 0.0638. The Balaban J connectivity index is 1.54. The number of fused-ring (bicyclic) bond motifs is 1. The highest BCUT2D eigenvalue weighted by Crippen LogP contribution is 2.24. The van der Waals surface area contributed by atoms with Gasteiger partial charge in [-0.1, -0.05) is 12.1 Å². The maximum absolute atomic E-state index is 13.6. The monoisotopic (exact) mass is 427 g/mol. The molecule has 162 valence electrons. The van der Waals surface area contributed by atoms with Crippen molar-refractivity contribution in [3.05, 3.63) is 70.5 Å². The molecule has 0 bridgehead atoms. The second-order valence-corrected chi connectivity index (χ2v) is 6.86. The molecule has 3 rings (SSSR count). The molecule has 2 N–H and O–H groups in total. The molecule has 9 heteroatoms. The fraction of sp³-hybridized carbons (Fsp3) is 0.273. The van der Waals surface area contributed by atoms with Crippen LogP contribution in [0.4, 0.5) is 4.39 Å². The molecule has 1 heterocycles. The van der Waals surface area contributed by atoms with Crippen LogP contribution in [0.1, 0.15) is 47.9 Å². The molecule has 0 aliphatic carbocycles. The van der Waals surface area contributed by atoms with Gasteiger partial charge in [-0.2, -0.15) is 0 Å². The van der Waals surface area contributed by atoms with E-state index in [1.807, 2.05) is 0 Å². The Kier molecular flexibility index (Phi) is 7.09. The number of halogens is 1. The van der Waals surface area contributed by atoms with Crippen molar-refractivity contribution in [3.63, 3.8) is 0 Å². The van der Waals surface area contributed by atoms with Crippen molar-refractivity contribution >= 4 is 23.6 Å². The average molecular weight is 427 g/mol. The Labute approximate surface area is 178 Å². The minimum Gasteiger partial charge on any atom is -0.385 e. The predicted octanol–water partition coefficient (Wildman–Crippen LogP) is 1.62. The Hall–Kier alpha value is -3.59. The normalized spacial score (nSPS) is 12.6. The SMILES string of the molecule is COCCCN1C(=O)c2ccc(C(=O)NCCNC(=O)c3ccccc3F)cc2C1=O. The van der Waals surface area contributed by atoms with Gasteiger partial charge in [0.25, 0.3) is 23.6 Å². The largest absolute Gasteiger partial charge is 0.385 e. The van der Waals surface area contributed by atoms with Crippen molar-refractivity contribution in [2.24, 2.45) is 0 Å². The van der Waals surface area contributed by atoms with Crippen LogP contribution >= 0.6 is 0 Å². The van der Waals surface area contributed by atoms with Crippen LogP contribution in [-0.4, -0.2) is 61.9 Å². The summed E-state index contributed by atoms with van der Waals surface area (Å²) in [5, 5.41) is 5.14. The minimum absolute atomic E-state index is 0.0781. The number of methoxy groups -OCH3 is 1. The number of benzene rings is 2. The highest BCUT2D eigenvalue weighted by atomic mass is 19.1. The Morgan fingerprint density at radius 3 is 2.35 bits per heavy atom. The van der Waals surface area contributed by atoms with Gasteiger partial charge in [-0.25, -0.2) is 4.39 Å². The number of carbonyl (C=O) groups excluding carboxylic acids is 4. The van der Waals surface area contributed by atoms with Crippen LogP contribution in [0.5, 0.6) is 0 Å². The van der Waals surface area contributed by atoms with Crippen molar-refractivity contribution in [1.82, 2.24) is 15.5 Å². The van der Waals surface area contributed by atoms with E-state index in [0.29, 0.717) is 13.0 Å². The van der Waals surface area contributed by atoms with Gasteiger partial charge in [0.2, 0.25) is 0 Å². The number of nitrogens with zero attached hydrogens (tertiary/aromatic N) is 1. The lowest BCUT2D eigenvalue weighted by Crippen LogP contribution is -2.35. The van der Waals surface area contributed by atoms with E-state index >= 15 is 0 Å². The lowest BCUT2D eigenvalue weighted by Gasteiger charge is -2.12. The minimum atomic E-state index is -0.627. The molecular weight excluding hydrogens is 405 g/mol. The fourth-order valence-electron chi connectivity index (χ4n) is 3.20. The highest BCUT2D eigenvalue weighted by molar-refractivity contribution is 6.22. The zero-order chi connectivity index (χ0) is 22.4. The number of hydrogen-bond acceptors (Lipinski definition) is 5. The van der Waals surface area contributed by atoms with Crippen LogP contribution < -0.4 is 10.6 Å². The molecule has 0 atom stereocenters. The first kappa shape index (κ1) is 22.1. The molecule has 2 aromatic rings. The summed E-state index contributed by atoms with van der Waals surface area (Å²) in [7, 11) is 1.54. The van der Waals surface area contributed by atoms with E-state index in [1.54, 1.807) is 13.2 Å². The smallest absolute Gasteiger partial charge is 0.261 e. The van der Waals surface area contributed by atoms with Gasteiger partial charge in [0, 0.05) is 38.9 Å². The van der Waals surface area contributed by atoms with E-state index in [9.17, 15) is 23.6 Å². The highest BCUT2D eigenvalue weighted by Gasteiger charge is 2.35. The molecule has 0 radical (unpaired) electrons. The molecule has 0 saturated heterocycles. The maximum Gasteiger partial charge on any atom is 0.261 e. The standard InChI is InChI=1S/C22H22FN3O5/c1-31-12-4-11-26-21(29)15-8-7-14(13-17(15)22(26)30)19(27)24-9-10-25-20(28)16-5-2-3-6-18(16)23/h2-3,5-8,13H,4,9-12H2,1H3,(H,24,27)(H,25,28). The molecule has 1 aliphatic rings. The van der Waals surface area contributed by atoms with Crippen molar-refractivity contribution in [2.75, 3.05) is 33.4 Å². The molecular formula is C22H22FN3O5. The van der Waals surface area contributed by atoms with Gasteiger partial charge < -0.3 is 15.4 Å².